The quantitative estimate of drug-likeness (QED) is 0.601. The average Bonchev–Trinajstić information content (AvgIpc) is 2.33. The SMILES string of the molecule is CCNC(=O)c1ccc(N)cc1NCC1CC(O)C1. The second-order valence-corrected chi connectivity index (χ2v) is 5.04. The molecule has 5 N–H and O–H groups in total. The van der Waals surface area contributed by atoms with E-state index in [-0.39, 0.29) is 12.0 Å². The van der Waals surface area contributed by atoms with Crippen molar-refractivity contribution in [2.75, 3.05) is 24.1 Å². The Kier molecular flexibility index (Phi) is 4.27. The second kappa shape index (κ2) is 5.93. The van der Waals surface area contributed by atoms with Gasteiger partial charge in [0.05, 0.1) is 11.7 Å². The Morgan fingerprint density at radius 1 is 1.47 bits per heavy atom. The van der Waals surface area contributed by atoms with Gasteiger partial charge >= 0.3 is 0 Å². The van der Waals surface area contributed by atoms with Crippen LogP contribution < -0.4 is 16.4 Å². The number of nitrogens with one attached hydrogen (secondary N) is 2. The maximum Gasteiger partial charge on any atom is 0.253 e. The van der Waals surface area contributed by atoms with Crippen LogP contribution in [-0.2, 0) is 0 Å². The Labute approximate surface area is 113 Å². The summed E-state index contributed by atoms with van der Waals surface area (Å²) in [6.07, 6.45) is 1.49. The van der Waals surface area contributed by atoms with Crippen LogP contribution in [0.2, 0.25) is 0 Å². The summed E-state index contributed by atoms with van der Waals surface area (Å²) in [5, 5.41) is 15.3. The molecule has 19 heavy (non-hydrogen) atoms. The minimum atomic E-state index is -0.157. The Morgan fingerprint density at radius 2 is 2.21 bits per heavy atom. The van der Waals surface area contributed by atoms with Gasteiger partial charge in [-0.2, -0.15) is 0 Å². The van der Waals surface area contributed by atoms with Gasteiger partial charge < -0.3 is 21.5 Å². The van der Waals surface area contributed by atoms with Crippen LogP contribution >= 0.6 is 0 Å². The van der Waals surface area contributed by atoms with E-state index >= 15 is 0 Å². The van der Waals surface area contributed by atoms with E-state index in [9.17, 15) is 9.90 Å². The molecule has 0 unspecified atom stereocenters. The van der Waals surface area contributed by atoms with E-state index in [2.05, 4.69) is 10.6 Å². The molecule has 0 aliphatic heterocycles. The van der Waals surface area contributed by atoms with Gasteiger partial charge in [0.15, 0.2) is 0 Å². The van der Waals surface area contributed by atoms with Gasteiger partial charge in [-0.1, -0.05) is 0 Å². The molecule has 1 aromatic carbocycles. The van der Waals surface area contributed by atoms with E-state index in [0.717, 1.165) is 25.1 Å². The normalized spacial score (nSPS) is 21.6. The molecule has 0 bridgehead atoms. The minimum Gasteiger partial charge on any atom is -0.399 e. The molecular formula is C14H21N3O2. The first-order valence-corrected chi connectivity index (χ1v) is 6.69. The second-order valence-electron chi connectivity index (χ2n) is 5.04. The molecule has 104 valence electrons. The van der Waals surface area contributed by atoms with E-state index in [4.69, 9.17) is 5.73 Å². The van der Waals surface area contributed by atoms with E-state index in [1.165, 1.54) is 0 Å². The van der Waals surface area contributed by atoms with Crippen molar-refractivity contribution in [3.63, 3.8) is 0 Å². The van der Waals surface area contributed by atoms with E-state index < -0.39 is 0 Å². The van der Waals surface area contributed by atoms with Gasteiger partial charge in [-0.15, -0.1) is 0 Å². The molecule has 0 atom stereocenters. The lowest BCUT2D eigenvalue weighted by Gasteiger charge is -2.31. The highest BCUT2D eigenvalue weighted by Crippen LogP contribution is 2.28. The highest BCUT2D eigenvalue weighted by atomic mass is 16.3. The number of anilines is 2. The predicted molar refractivity (Wildman–Crippen MR) is 76.1 cm³/mol. The molecule has 1 aromatic rings. The van der Waals surface area contributed by atoms with Gasteiger partial charge in [-0.05, 0) is 43.9 Å². The number of benzene rings is 1. The molecule has 0 saturated heterocycles. The zero-order chi connectivity index (χ0) is 13.8. The lowest BCUT2D eigenvalue weighted by molar-refractivity contribution is 0.0486. The summed E-state index contributed by atoms with van der Waals surface area (Å²) < 4.78 is 0. The van der Waals surface area contributed by atoms with Crippen molar-refractivity contribution < 1.29 is 9.90 Å². The van der Waals surface area contributed by atoms with E-state index in [1.54, 1.807) is 18.2 Å². The average molecular weight is 263 g/mol. The third-order valence-electron chi connectivity index (χ3n) is 3.42. The van der Waals surface area contributed by atoms with Gasteiger partial charge in [0.2, 0.25) is 0 Å². The topological polar surface area (TPSA) is 87.4 Å². The standard InChI is InChI=1S/C14H21N3O2/c1-2-16-14(19)12-4-3-10(15)7-13(12)17-8-9-5-11(18)6-9/h3-4,7,9,11,17-18H,2,5-6,8,15H2,1H3,(H,16,19). The van der Waals surface area contributed by atoms with E-state index in [0.29, 0.717) is 23.7 Å². The van der Waals surface area contributed by atoms with Gasteiger partial charge in [0.25, 0.3) is 5.91 Å². The van der Waals surface area contributed by atoms with Crippen LogP contribution in [0.15, 0.2) is 18.2 Å². The molecule has 5 heteroatoms. The summed E-state index contributed by atoms with van der Waals surface area (Å²) >= 11 is 0. The number of carbonyl (C=O) groups is 1. The number of hydrogen-bond acceptors (Lipinski definition) is 4. The fraction of sp³-hybridized carbons (Fsp3) is 0.500. The largest absolute Gasteiger partial charge is 0.399 e. The summed E-state index contributed by atoms with van der Waals surface area (Å²) in [5.41, 5.74) is 7.76. The summed E-state index contributed by atoms with van der Waals surface area (Å²) in [6, 6.07) is 5.24. The number of hydrogen-bond donors (Lipinski definition) is 4. The highest BCUT2D eigenvalue weighted by Gasteiger charge is 2.27. The Balaban J connectivity index is 2.04. The molecule has 1 aliphatic carbocycles. The Bertz CT molecular complexity index is 456. The minimum absolute atomic E-state index is 0.0985. The smallest absolute Gasteiger partial charge is 0.253 e. The lowest BCUT2D eigenvalue weighted by Crippen LogP contribution is -2.33. The number of nitrogens with two attached hydrogens (primary N) is 1. The van der Waals surface area contributed by atoms with Crippen LogP contribution in [0.3, 0.4) is 0 Å². The first kappa shape index (κ1) is 13.7. The van der Waals surface area contributed by atoms with Crippen molar-refractivity contribution in [3.05, 3.63) is 23.8 Å². The number of aliphatic hydroxyl groups excluding tert-OH is 1. The first-order chi connectivity index (χ1) is 9.10. The van der Waals surface area contributed by atoms with Gasteiger partial charge in [-0.3, -0.25) is 4.79 Å². The predicted octanol–water partition coefficient (Wildman–Crippen LogP) is 1.20. The summed E-state index contributed by atoms with van der Waals surface area (Å²) in [4.78, 5) is 11.9. The number of rotatable bonds is 5. The van der Waals surface area contributed by atoms with Crippen molar-refractivity contribution in [2.45, 2.75) is 25.9 Å². The maximum atomic E-state index is 11.9. The van der Waals surface area contributed by atoms with Crippen LogP contribution in [0.25, 0.3) is 0 Å². The molecular weight excluding hydrogens is 242 g/mol. The summed E-state index contributed by atoms with van der Waals surface area (Å²) in [7, 11) is 0. The van der Waals surface area contributed by atoms with Crippen LogP contribution in [0.5, 0.6) is 0 Å². The third-order valence-corrected chi connectivity index (χ3v) is 3.42. The van der Waals surface area contributed by atoms with Crippen LogP contribution in [0.4, 0.5) is 11.4 Å². The van der Waals surface area contributed by atoms with Crippen molar-refractivity contribution in [1.82, 2.24) is 5.32 Å². The molecule has 1 saturated carbocycles. The molecule has 2 rings (SSSR count). The van der Waals surface area contributed by atoms with Crippen molar-refractivity contribution >= 4 is 17.3 Å². The number of nitrogen functional groups attached to an aromatic ring is 1. The first-order valence-electron chi connectivity index (χ1n) is 6.69. The third kappa shape index (κ3) is 3.38. The molecule has 1 amide bonds. The molecule has 5 nitrogen and oxygen atoms in total. The number of carbonyl (C=O) groups excluding carboxylic acids is 1. The summed E-state index contributed by atoms with van der Waals surface area (Å²) in [6.45, 7) is 3.24. The zero-order valence-electron chi connectivity index (χ0n) is 11.1. The fourth-order valence-electron chi connectivity index (χ4n) is 2.28. The number of amides is 1. The Hall–Kier alpha value is -1.75. The van der Waals surface area contributed by atoms with Crippen LogP contribution in [0, 0.1) is 5.92 Å². The molecule has 1 aliphatic rings. The molecule has 0 radical (unpaired) electrons. The Morgan fingerprint density at radius 3 is 2.84 bits per heavy atom. The molecule has 1 fully saturated rings. The monoisotopic (exact) mass is 263 g/mol. The van der Waals surface area contributed by atoms with Crippen LogP contribution in [-0.4, -0.2) is 30.2 Å². The molecule has 0 aromatic heterocycles. The van der Waals surface area contributed by atoms with Gasteiger partial charge in [0, 0.05) is 24.5 Å². The van der Waals surface area contributed by atoms with Crippen molar-refractivity contribution in [1.29, 1.82) is 0 Å². The maximum absolute atomic E-state index is 11.9. The van der Waals surface area contributed by atoms with Crippen LogP contribution in [0.1, 0.15) is 30.1 Å². The zero-order valence-corrected chi connectivity index (χ0v) is 11.1. The van der Waals surface area contributed by atoms with Gasteiger partial charge in [0.1, 0.15) is 0 Å². The van der Waals surface area contributed by atoms with Gasteiger partial charge in [-0.25, -0.2) is 0 Å². The van der Waals surface area contributed by atoms with Crippen molar-refractivity contribution in [2.24, 2.45) is 5.92 Å². The highest BCUT2D eigenvalue weighted by molar-refractivity contribution is 6.00. The van der Waals surface area contributed by atoms with Crippen molar-refractivity contribution in [3.8, 4) is 0 Å². The molecule has 0 heterocycles. The van der Waals surface area contributed by atoms with E-state index in [1.807, 2.05) is 6.92 Å². The molecule has 0 spiro atoms. The summed E-state index contributed by atoms with van der Waals surface area (Å²) in [5.74, 6) is 0.372. The fourth-order valence-corrected chi connectivity index (χ4v) is 2.28. The lowest BCUT2D eigenvalue weighted by atomic mass is 9.82. The number of aliphatic hydroxyl groups is 1.